The maximum atomic E-state index is 15.0. The van der Waals surface area contributed by atoms with E-state index in [4.69, 9.17) is 4.74 Å². The second-order valence-corrected chi connectivity index (χ2v) is 11.8. The van der Waals surface area contributed by atoms with Crippen LogP contribution in [0.1, 0.15) is 70.3 Å². The fourth-order valence-electron chi connectivity index (χ4n) is 5.66. The number of likely N-dealkylation sites (tertiary alicyclic amines) is 1. The van der Waals surface area contributed by atoms with E-state index >= 15 is 4.39 Å². The Morgan fingerprint density at radius 2 is 1.80 bits per heavy atom. The summed E-state index contributed by atoms with van der Waals surface area (Å²) in [5, 5.41) is 3.03. The molecule has 0 bridgehead atoms. The van der Waals surface area contributed by atoms with Crippen LogP contribution in [-0.2, 0) is 11.2 Å². The van der Waals surface area contributed by atoms with Crippen LogP contribution in [0, 0.1) is 11.6 Å². The van der Waals surface area contributed by atoms with Gasteiger partial charge < -0.3 is 19.5 Å². The minimum Gasteiger partial charge on any atom is -0.444 e. The third-order valence-electron chi connectivity index (χ3n) is 7.71. The quantitative estimate of drug-likeness (QED) is 0.302. The molecule has 11 heteroatoms. The van der Waals surface area contributed by atoms with Gasteiger partial charge in [0.2, 0.25) is 5.95 Å². The van der Waals surface area contributed by atoms with Crippen LogP contribution >= 0.6 is 0 Å². The Morgan fingerprint density at radius 1 is 1.02 bits per heavy atom. The van der Waals surface area contributed by atoms with Gasteiger partial charge in [-0.05, 0) is 76.6 Å². The van der Waals surface area contributed by atoms with Crippen LogP contribution in [0.25, 0.3) is 22.3 Å². The van der Waals surface area contributed by atoms with Crippen molar-refractivity contribution in [2.45, 2.75) is 70.9 Å². The average Bonchev–Trinajstić information content (AvgIpc) is 3.49. The Labute approximate surface area is 237 Å². The van der Waals surface area contributed by atoms with Crippen molar-refractivity contribution >= 4 is 28.9 Å². The number of amides is 1. The molecule has 2 aliphatic heterocycles. The van der Waals surface area contributed by atoms with Gasteiger partial charge in [-0.15, -0.1) is 0 Å². The summed E-state index contributed by atoms with van der Waals surface area (Å²) in [6.45, 7) is 8.91. The lowest BCUT2D eigenvalue weighted by molar-refractivity contribution is 0.0205. The van der Waals surface area contributed by atoms with E-state index in [0.29, 0.717) is 35.5 Å². The number of carbonyl (C=O) groups is 1. The number of fused-ring (bicyclic) bond motifs is 3. The lowest BCUT2D eigenvalue weighted by Crippen LogP contribution is -2.41. The van der Waals surface area contributed by atoms with Crippen molar-refractivity contribution in [3.63, 3.8) is 0 Å². The molecule has 0 aliphatic carbocycles. The normalized spacial score (nSPS) is 17.6. The number of aromatic nitrogens is 5. The first-order valence-corrected chi connectivity index (χ1v) is 14.0. The van der Waals surface area contributed by atoms with E-state index in [1.54, 1.807) is 17.2 Å². The summed E-state index contributed by atoms with van der Waals surface area (Å²) in [5.74, 6) is 0.623. The molecule has 0 radical (unpaired) electrons. The number of nitrogens with one attached hydrogen (secondary N) is 1. The van der Waals surface area contributed by atoms with Gasteiger partial charge in [0.1, 0.15) is 28.5 Å². The maximum Gasteiger partial charge on any atom is 0.410 e. The number of imidazole rings is 1. The molecule has 0 saturated carbocycles. The Hall–Kier alpha value is -4.15. The van der Waals surface area contributed by atoms with Crippen molar-refractivity contribution in [1.82, 2.24) is 29.4 Å². The number of carbonyl (C=O) groups excluding carboxylic acids is 1. The Morgan fingerprint density at radius 3 is 2.51 bits per heavy atom. The molecule has 0 spiro atoms. The molecule has 1 unspecified atom stereocenters. The first-order chi connectivity index (χ1) is 19.6. The Bertz CT molecular complexity index is 1610. The number of ether oxygens (including phenoxy) is 1. The molecule has 5 heterocycles. The van der Waals surface area contributed by atoms with Crippen LogP contribution in [0.4, 0.5) is 25.3 Å². The highest BCUT2D eigenvalue weighted by molar-refractivity contribution is 5.83. The molecule has 214 valence electrons. The molecule has 41 heavy (non-hydrogen) atoms. The maximum absolute atomic E-state index is 15.0. The number of piperidine rings is 1. The van der Waals surface area contributed by atoms with E-state index < -0.39 is 17.2 Å². The van der Waals surface area contributed by atoms with E-state index in [9.17, 15) is 9.18 Å². The molecular weight excluding hydrogens is 528 g/mol. The van der Waals surface area contributed by atoms with Crippen LogP contribution in [0.5, 0.6) is 0 Å². The van der Waals surface area contributed by atoms with E-state index in [-0.39, 0.29) is 29.7 Å². The third-order valence-corrected chi connectivity index (χ3v) is 7.71. The minimum absolute atomic E-state index is 0.00197. The van der Waals surface area contributed by atoms with Gasteiger partial charge in [0.25, 0.3) is 0 Å². The molecular formula is C30H33F2N7O2. The highest BCUT2D eigenvalue weighted by atomic mass is 19.1. The molecule has 1 N–H and O–H groups in total. The summed E-state index contributed by atoms with van der Waals surface area (Å²) in [6.07, 6.45) is 5.96. The molecule has 1 fully saturated rings. The van der Waals surface area contributed by atoms with Crippen molar-refractivity contribution in [3.05, 3.63) is 59.7 Å². The number of benzene rings is 1. The second-order valence-electron chi connectivity index (χ2n) is 11.8. The van der Waals surface area contributed by atoms with E-state index in [2.05, 4.69) is 32.2 Å². The first-order valence-electron chi connectivity index (χ1n) is 14.0. The summed E-state index contributed by atoms with van der Waals surface area (Å²) < 4.78 is 37.4. The van der Waals surface area contributed by atoms with Gasteiger partial charge in [0.15, 0.2) is 11.6 Å². The fraction of sp³-hybridized carbons (Fsp3) is 0.433. The highest BCUT2D eigenvalue weighted by Crippen LogP contribution is 2.35. The summed E-state index contributed by atoms with van der Waals surface area (Å²) in [6, 6.07) is 7.02. The van der Waals surface area contributed by atoms with Crippen LogP contribution < -0.4 is 5.32 Å². The van der Waals surface area contributed by atoms with E-state index in [0.717, 1.165) is 43.3 Å². The van der Waals surface area contributed by atoms with Crippen LogP contribution in [0.3, 0.4) is 0 Å². The zero-order chi connectivity index (χ0) is 28.9. The van der Waals surface area contributed by atoms with Gasteiger partial charge in [-0.3, -0.25) is 0 Å². The lowest BCUT2D eigenvalue weighted by atomic mass is 9.90. The molecule has 9 nitrogen and oxygen atoms in total. The molecule has 3 aromatic heterocycles. The molecule has 4 aromatic rings. The summed E-state index contributed by atoms with van der Waals surface area (Å²) in [4.78, 5) is 31.5. The van der Waals surface area contributed by atoms with Gasteiger partial charge in [-0.25, -0.2) is 33.5 Å². The van der Waals surface area contributed by atoms with Gasteiger partial charge >= 0.3 is 6.09 Å². The monoisotopic (exact) mass is 561 g/mol. The fourth-order valence-corrected chi connectivity index (χ4v) is 5.66. The standard InChI is InChI=1S/C30H33F2N7O2/c1-17-5-8-25-36-27-21(31)13-20(14-23(27)39(17)25)26-22(32)16-34-28(37-26)35-24-7-6-19(15-33-24)18-9-11-38(12-10-18)29(40)41-30(2,3)4/h6-7,13-18H,5,8-12H2,1-4H3,(H,33,34,35,37). The zero-order valence-corrected chi connectivity index (χ0v) is 23.6. The SMILES string of the molecule is CC1CCc2nc3c(F)cc(-c4nc(Nc5ccc(C6CCN(C(=O)OC(C)(C)C)CC6)cn5)ncc4F)cc3n21. The number of rotatable bonds is 4. The zero-order valence-electron chi connectivity index (χ0n) is 23.6. The number of anilines is 2. The average molecular weight is 562 g/mol. The van der Waals surface area contributed by atoms with E-state index in [1.165, 1.54) is 6.07 Å². The Balaban J connectivity index is 1.16. The predicted molar refractivity (Wildman–Crippen MR) is 151 cm³/mol. The van der Waals surface area contributed by atoms with Gasteiger partial charge in [-0.2, -0.15) is 0 Å². The van der Waals surface area contributed by atoms with Crippen molar-refractivity contribution in [1.29, 1.82) is 0 Å². The third kappa shape index (κ3) is 5.45. The number of hydrogen-bond donors (Lipinski definition) is 1. The minimum atomic E-state index is -0.649. The number of nitrogens with zero attached hydrogens (tertiary/aromatic N) is 6. The molecule has 1 atom stereocenters. The lowest BCUT2D eigenvalue weighted by Gasteiger charge is -2.33. The summed E-state index contributed by atoms with van der Waals surface area (Å²) in [7, 11) is 0. The van der Waals surface area contributed by atoms with Crippen molar-refractivity contribution < 1.29 is 18.3 Å². The van der Waals surface area contributed by atoms with Crippen LogP contribution in [0.15, 0.2) is 36.7 Å². The van der Waals surface area contributed by atoms with Gasteiger partial charge in [0, 0.05) is 37.3 Å². The van der Waals surface area contributed by atoms with Gasteiger partial charge in [0.05, 0.1) is 11.7 Å². The van der Waals surface area contributed by atoms with Crippen molar-refractivity contribution in [3.8, 4) is 11.3 Å². The van der Waals surface area contributed by atoms with Crippen LogP contribution in [-0.4, -0.2) is 54.2 Å². The smallest absolute Gasteiger partial charge is 0.410 e. The van der Waals surface area contributed by atoms with Crippen molar-refractivity contribution in [2.24, 2.45) is 0 Å². The molecule has 2 aliphatic rings. The number of hydrogen-bond acceptors (Lipinski definition) is 7. The van der Waals surface area contributed by atoms with Crippen molar-refractivity contribution in [2.75, 3.05) is 18.4 Å². The second kappa shape index (κ2) is 10.4. The molecule has 6 rings (SSSR count). The topological polar surface area (TPSA) is 98.1 Å². The van der Waals surface area contributed by atoms with Crippen LogP contribution in [0.2, 0.25) is 0 Å². The summed E-state index contributed by atoms with van der Waals surface area (Å²) in [5.41, 5.74) is 1.81. The molecule has 1 saturated heterocycles. The molecule has 1 aromatic carbocycles. The first kappa shape index (κ1) is 27.0. The van der Waals surface area contributed by atoms with Gasteiger partial charge in [-0.1, -0.05) is 6.07 Å². The predicted octanol–water partition coefficient (Wildman–Crippen LogP) is 6.53. The summed E-state index contributed by atoms with van der Waals surface area (Å²) >= 11 is 0. The number of aryl methyl sites for hydroxylation is 1. The highest BCUT2D eigenvalue weighted by Gasteiger charge is 2.28. The number of halogens is 2. The largest absolute Gasteiger partial charge is 0.444 e. The molecule has 1 amide bonds. The Kier molecular flexibility index (Phi) is 6.83. The van der Waals surface area contributed by atoms with E-state index in [1.807, 2.05) is 37.5 Å². The number of pyridine rings is 1.